The molecule has 3 rings (SSSR count). The third-order valence-corrected chi connectivity index (χ3v) is 4.63. The molecule has 8 heteroatoms. The molecule has 7 nitrogen and oxygen atoms in total. The fraction of sp³-hybridized carbons (Fsp3) is 0.333. The van der Waals surface area contributed by atoms with Crippen molar-refractivity contribution in [3.05, 3.63) is 78.4 Å². The fourth-order valence-electron chi connectivity index (χ4n) is 3.14. The van der Waals surface area contributed by atoms with Crippen molar-refractivity contribution in [1.29, 1.82) is 0 Å². The summed E-state index contributed by atoms with van der Waals surface area (Å²) >= 11 is 0. The Balaban J connectivity index is 0.00000363. The molecule has 0 amide bonds. The Kier molecular flexibility index (Phi) is 10.9. The number of nitrogens with zero attached hydrogens (tertiary/aromatic N) is 3. The van der Waals surface area contributed by atoms with Crippen molar-refractivity contribution in [3.8, 4) is 11.5 Å². The number of benzene rings is 2. The molecule has 0 saturated heterocycles. The smallest absolute Gasteiger partial charge is 0.191 e. The molecule has 1 aromatic heterocycles. The highest BCUT2D eigenvalue weighted by molar-refractivity contribution is 14.0. The summed E-state index contributed by atoms with van der Waals surface area (Å²) in [5.41, 5.74) is 2.38. The third kappa shape index (κ3) is 8.07. The van der Waals surface area contributed by atoms with Crippen molar-refractivity contribution in [2.45, 2.75) is 33.0 Å². The van der Waals surface area contributed by atoms with Gasteiger partial charge in [-0.1, -0.05) is 36.4 Å². The van der Waals surface area contributed by atoms with E-state index in [1.807, 2.05) is 43.7 Å². The van der Waals surface area contributed by atoms with Crippen LogP contribution < -0.4 is 20.1 Å². The summed E-state index contributed by atoms with van der Waals surface area (Å²) < 4.78 is 13.4. The molecule has 0 radical (unpaired) electrons. The zero-order chi connectivity index (χ0) is 21.9. The average molecular weight is 549 g/mol. The monoisotopic (exact) mass is 549 g/mol. The van der Waals surface area contributed by atoms with E-state index in [4.69, 9.17) is 14.5 Å². The predicted molar refractivity (Wildman–Crippen MR) is 139 cm³/mol. The SMILES string of the molecule is CCNC(=NCc1cccc(Cn2ccnc2)c1)NCC(C)Oc1ccccc1OC.I. The van der Waals surface area contributed by atoms with Crippen molar-refractivity contribution in [2.24, 2.45) is 4.99 Å². The summed E-state index contributed by atoms with van der Waals surface area (Å²) in [4.78, 5) is 8.83. The number of aliphatic imine (C=N–C) groups is 1. The van der Waals surface area contributed by atoms with Crippen LogP contribution in [-0.2, 0) is 13.1 Å². The summed E-state index contributed by atoms with van der Waals surface area (Å²) in [5.74, 6) is 2.22. The van der Waals surface area contributed by atoms with Crippen LogP contribution >= 0.6 is 24.0 Å². The number of hydrogen-bond donors (Lipinski definition) is 2. The molecule has 0 saturated carbocycles. The van der Waals surface area contributed by atoms with Gasteiger partial charge in [0.2, 0.25) is 0 Å². The van der Waals surface area contributed by atoms with E-state index in [9.17, 15) is 0 Å². The maximum atomic E-state index is 6.02. The molecule has 0 fully saturated rings. The van der Waals surface area contributed by atoms with E-state index in [-0.39, 0.29) is 30.1 Å². The summed E-state index contributed by atoms with van der Waals surface area (Å²) in [7, 11) is 1.64. The second-order valence-electron chi connectivity index (χ2n) is 7.21. The van der Waals surface area contributed by atoms with Gasteiger partial charge < -0.3 is 24.7 Å². The molecule has 0 aliphatic rings. The molecule has 0 bridgehead atoms. The van der Waals surface area contributed by atoms with Crippen molar-refractivity contribution < 1.29 is 9.47 Å². The second kappa shape index (κ2) is 13.6. The largest absolute Gasteiger partial charge is 0.493 e. The van der Waals surface area contributed by atoms with Crippen LogP contribution in [0.5, 0.6) is 11.5 Å². The van der Waals surface area contributed by atoms with Gasteiger partial charge in [-0.25, -0.2) is 9.98 Å². The van der Waals surface area contributed by atoms with Crippen molar-refractivity contribution >= 4 is 29.9 Å². The van der Waals surface area contributed by atoms with Crippen molar-refractivity contribution in [3.63, 3.8) is 0 Å². The molecular formula is C24H32IN5O2. The minimum atomic E-state index is -0.0568. The Hall–Kier alpha value is -2.75. The van der Waals surface area contributed by atoms with E-state index >= 15 is 0 Å². The van der Waals surface area contributed by atoms with Gasteiger partial charge in [0.25, 0.3) is 0 Å². The molecule has 3 aromatic rings. The van der Waals surface area contributed by atoms with Gasteiger partial charge in [-0.05, 0) is 37.1 Å². The Bertz CT molecular complexity index is 963. The molecular weight excluding hydrogens is 517 g/mol. The normalized spacial score (nSPS) is 11.9. The lowest BCUT2D eigenvalue weighted by atomic mass is 10.1. The lowest BCUT2D eigenvalue weighted by molar-refractivity contribution is 0.213. The number of nitrogens with one attached hydrogen (secondary N) is 2. The predicted octanol–water partition coefficient (Wildman–Crippen LogP) is 4.08. The van der Waals surface area contributed by atoms with E-state index in [1.165, 1.54) is 5.56 Å². The topological polar surface area (TPSA) is 72.7 Å². The molecule has 1 heterocycles. The Labute approximate surface area is 207 Å². The summed E-state index contributed by atoms with van der Waals surface area (Å²) in [5, 5.41) is 6.65. The van der Waals surface area contributed by atoms with Gasteiger partial charge in [0.15, 0.2) is 17.5 Å². The minimum absolute atomic E-state index is 0. The first-order valence-corrected chi connectivity index (χ1v) is 10.5. The number of methoxy groups -OCH3 is 1. The highest BCUT2D eigenvalue weighted by atomic mass is 127. The zero-order valence-corrected chi connectivity index (χ0v) is 21.2. The molecule has 0 spiro atoms. The molecule has 32 heavy (non-hydrogen) atoms. The van der Waals surface area contributed by atoms with Gasteiger partial charge in [-0.15, -0.1) is 24.0 Å². The number of halogens is 1. The van der Waals surface area contributed by atoms with Crippen LogP contribution in [0.4, 0.5) is 0 Å². The first-order chi connectivity index (χ1) is 15.2. The van der Waals surface area contributed by atoms with Crippen LogP contribution in [0.25, 0.3) is 0 Å². The summed E-state index contributed by atoms with van der Waals surface area (Å²) in [6.07, 6.45) is 5.53. The van der Waals surface area contributed by atoms with Crippen LogP contribution in [0.15, 0.2) is 72.2 Å². The Morgan fingerprint density at radius 2 is 1.88 bits per heavy atom. The average Bonchev–Trinajstić information content (AvgIpc) is 3.29. The van der Waals surface area contributed by atoms with Crippen LogP contribution in [0.1, 0.15) is 25.0 Å². The molecule has 172 valence electrons. The highest BCUT2D eigenvalue weighted by Gasteiger charge is 2.09. The first kappa shape index (κ1) is 25.5. The van der Waals surface area contributed by atoms with Gasteiger partial charge >= 0.3 is 0 Å². The van der Waals surface area contributed by atoms with Crippen LogP contribution in [-0.4, -0.2) is 41.8 Å². The number of imidazole rings is 1. The maximum Gasteiger partial charge on any atom is 0.191 e. The molecule has 2 N–H and O–H groups in total. The lowest BCUT2D eigenvalue weighted by Gasteiger charge is -2.19. The Morgan fingerprint density at radius 3 is 2.59 bits per heavy atom. The molecule has 0 aliphatic heterocycles. The number of guanidine groups is 1. The van der Waals surface area contributed by atoms with Gasteiger partial charge in [0.1, 0.15) is 6.10 Å². The Morgan fingerprint density at radius 1 is 1.09 bits per heavy atom. The fourth-order valence-corrected chi connectivity index (χ4v) is 3.14. The van der Waals surface area contributed by atoms with Gasteiger partial charge in [0.05, 0.1) is 26.5 Å². The van der Waals surface area contributed by atoms with E-state index in [0.29, 0.717) is 13.1 Å². The highest BCUT2D eigenvalue weighted by Crippen LogP contribution is 2.26. The quantitative estimate of drug-likeness (QED) is 0.227. The number of para-hydroxylation sites is 2. The van der Waals surface area contributed by atoms with E-state index < -0.39 is 0 Å². The maximum absolute atomic E-state index is 6.02. The molecule has 1 atom stereocenters. The lowest BCUT2D eigenvalue weighted by Crippen LogP contribution is -2.41. The standard InChI is InChI=1S/C24H31N5O2.HI/c1-4-26-24(27-15-19(2)31-23-11-6-5-10-22(23)30-3)28-16-20-8-7-9-21(14-20)17-29-13-12-25-18-29;/h5-14,18-19H,4,15-17H2,1-3H3,(H2,26,27,28);1H. The minimum Gasteiger partial charge on any atom is -0.493 e. The van der Waals surface area contributed by atoms with Crippen molar-refractivity contribution in [1.82, 2.24) is 20.2 Å². The molecule has 2 aromatic carbocycles. The van der Waals surface area contributed by atoms with E-state index in [1.54, 1.807) is 13.3 Å². The summed E-state index contributed by atoms with van der Waals surface area (Å²) in [6, 6.07) is 16.1. The molecule has 1 unspecified atom stereocenters. The number of hydrogen-bond acceptors (Lipinski definition) is 4. The van der Waals surface area contributed by atoms with Gasteiger partial charge in [0, 0.05) is 25.5 Å². The van der Waals surface area contributed by atoms with Gasteiger partial charge in [-0.2, -0.15) is 0 Å². The number of aromatic nitrogens is 2. The van der Waals surface area contributed by atoms with E-state index in [0.717, 1.165) is 36.1 Å². The first-order valence-electron chi connectivity index (χ1n) is 10.5. The van der Waals surface area contributed by atoms with Crippen LogP contribution in [0.3, 0.4) is 0 Å². The number of ether oxygens (including phenoxy) is 2. The number of rotatable bonds is 10. The molecule has 0 aliphatic carbocycles. The van der Waals surface area contributed by atoms with Crippen LogP contribution in [0, 0.1) is 0 Å². The summed E-state index contributed by atoms with van der Waals surface area (Å²) in [6.45, 7) is 6.86. The third-order valence-electron chi connectivity index (χ3n) is 4.63. The second-order valence-corrected chi connectivity index (χ2v) is 7.21. The van der Waals surface area contributed by atoms with Crippen molar-refractivity contribution in [2.75, 3.05) is 20.2 Å². The van der Waals surface area contributed by atoms with Gasteiger partial charge in [-0.3, -0.25) is 0 Å². The van der Waals surface area contributed by atoms with E-state index in [2.05, 4.69) is 51.4 Å². The zero-order valence-electron chi connectivity index (χ0n) is 18.8. The van der Waals surface area contributed by atoms with Crippen LogP contribution in [0.2, 0.25) is 0 Å².